The SMILES string of the molecule is CCC(Nc1cccnc1C)c1ccc(Br)cc1. The second kappa shape index (κ2) is 6.01. The molecule has 2 rings (SSSR count). The third kappa shape index (κ3) is 3.10. The van der Waals surface area contributed by atoms with E-state index in [2.05, 4.69) is 63.5 Å². The standard InChI is InChI=1S/C15H17BrN2/c1-3-14(12-6-8-13(16)9-7-12)18-15-5-4-10-17-11(15)2/h4-10,14,18H,3H2,1-2H3. The summed E-state index contributed by atoms with van der Waals surface area (Å²) in [5, 5.41) is 3.55. The van der Waals surface area contributed by atoms with Crippen molar-refractivity contribution in [3.05, 3.63) is 58.3 Å². The van der Waals surface area contributed by atoms with E-state index in [-0.39, 0.29) is 0 Å². The van der Waals surface area contributed by atoms with Crippen LogP contribution in [-0.2, 0) is 0 Å². The third-order valence-corrected chi connectivity index (χ3v) is 3.55. The lowest BCUT2D eigenvalue weighted by Crippen LogP contribution is -2.10. The average Bonchev–Trinajstić information content (AvgIpc) is 2.39. The lowest BCUT2D eigenvalue weighted by molar-refractivity contribution is 0.747. The fraction of sp³-hybridized carbons (Fsp3) is 0.267. The number of nitrogens with zero attached hydrogens (tertiary/aromatic N) is 1. The van der Waals surface area contributed by atoms with Crippen LogP contribution in [0.4, 0.5) is 5.69 Å². The minimum Gasteiger partial charge on any atom is -0.377 e. The molecule has 1 N–H and O–H groups in total. The van der Waals surface area contributed by atoms with E-state index in [1.54, 1.807) is 0 Å². The van der Waals surface area contributed by atoms with Crippen molar-refractivity contribution in [3.63, 3.8) is 0 Å². The lowest BCUT2D eigenvalue weighted by Gasteiger charge is -2.19. The number of benzene rings is 1. The zero-order chi connectivity index (χ0) is 13.0. The summed E-state index contributed by atoms with van der Waals surface area (Å²) < 4.78 is 1.11. The summed E-state index contributed by atoms with van der Waals surface area (Å²) in [6.07, 6.45) is 2.86. The van der Waals surface area contributed by atoms with Gasteiger partial charge in [0.15, 0.2) is 0 Å². The maximum Gasteiger partial charge on any atom is 0.0603 e. The van der Waals surface area contributed by atoms with Gasteiger partial charge < -0.3 is 5.32 Å². The van der Waals surface area contributed by atoms with Gasteiger partial charge in [0.05, 0.1) is 17.4 Å². The van der Waals surface area contributed by atoms with E-state index in [0.29, 0.717) is 6.04 Å². The summed E-state index contributed by atoms with van der Waals surface area (Å²) in [5.74, 6) is 0. The molecule has 0 aliphatic rings. The van der Waals surface area contributed by atoms with Gasteiger partial charge in [0.1, 0.15) is 0 Å². The normalized spacial score (nSPS) is 12.2. The summed E-state index contributed by atoms with van der Waals surface area (Å²) in [6, 6.07) is 12.8. The first-order valence-corrected chi connectivity index (χ1v) is 6.93. The van der Waals surface area contributed by atoms with Crippen LogP contribution < -0.4 is 5.32 Å². The Labute approximate surface area is 117 Å². The van der Waals surface area contributed by atoms with Crippen LogP contribution in [0.5, 0.6) is 0 Å². The van der Waals surface area contributed by atoms with Crippen LogP contribution in [0.25, 0.3) is 0 Å². The summed E-state index contributed by atoms with van der Waals surface area (Å²) in [5.41, 5.74) is 3.43. The van der Waals surface area contributed by atoms with Crippen LogP contribution in [0.1, 0.15) is 30.6 Å². The second-order valence-corrected chi connectivity index (χ2v) is 5.21. The van der Waals surface area contributed by atoms with Gasteiger partial charge in [-0.05, 0) is 43.2 Å². The first-order chi connectivity index (χ1) is 8.70. The number of anilines is 1. The molecule has 0 bridgehead atoms. The molecule has 0 radical (unpaired) electrons. The molecule has 0 saturated heterocycles. The first-order valence-electron chi connectivity index (χ1n) is 6.14. The van der Waals surface area contributed by atoms with Gasteiger partial charge in [-0.3, -0.25) is 4.98 Å². The smallest absolute Gasteiger partial charge is 0.0603 e. The topological polar surface area (TPSA) is 24.9 Å². The van der Waals surface area contributed by atoms with E-state index in [1.807, 2.05) is 19.2 Å². The summed E-state index contributed by atoms with van der Waals surface area (Å²) >= 11 is 3.46. The molecule has 3 heteroatoms. The van der Waals surface area contributed by atoms with E-state index in [0.717, 1.165) is 22.3 Å². The minimum atomic E-state index is 0.320. The Balaban J connectivity index is 2.20. The van der Waals surface area contributed by atoms with Crippen LogP contribution in [0, 0.1) is 6.92 Å². The van der Waals surface area contributed by atoms with Crippen LogP contribution >= 0.6 is 15.9 Å². The van der Waals surface area contributed by atoms with E-state index in [4.69, 9.17) is 0 Å². The lowest BCUT2D eigenvalue weighted by atomic mass is 10.0. The maximum absolute atomic E-state index is 4.30. The first kappa shape index (κ1) is 13.1. The number of pyridine rings is 1. The molecule has 0 amide bonds. The molecular weight excluding hydrogens is 288 g/mol. The van der Waals surface area contributed by atoms with Crippen molar-refractivity contribution in [1.82, 2.24) is 4.98 Å². The van der Waals surface area contributed by atoms with Crippen molar-refractivity contribution >= 4 is 21.6 Å². The maximum atomic E-state index is 4.30. The number of halogens is 1. The molecule has 1 aromatic heterocycles. The minimum absolute atomic E-state index is 0.320. The van der Waals surface area contributed by atoms with Gasteiger partial charge in [0, 0.05) is 10.7 Å². The molecule has 2 aromatic rings. The predicted octanol–water partition coefficient (Wildman–Crippen LogP) is 4.72. The highest BCUT2D eigenvalue weighted by Crippen LogP contribution is 2.24. The molecule has 94 valence electrons. The van der Waals surface area contributed by atoms with Gasteiger partial charge in [-0.15, -0.1) is 0 Å². The second-order valence-electron chi connectivity index (χ2n) is 4.29. The molecule has 18 heavy (non-hydrogen) atoms. The molecular formula is C15H17BrN2. The van der Waals surface area contributed by atoms with Gasteiger partial charge in [0.2, 0.25) is 0 Å². The van der Waals surface area contributed by atoms with Crippen molar-refractivity contribution in [2.45, 2.75) is 26.3 Å². The van der Waals surface area contributed by atoms with Crippen molar-refractivity contribution in [2.24, 2.45) is 0 Å². The molecule has 1 heterocycles. The highest BCUT2D eigenvalue weighted by atomic mass is 79.9. The Morgan fingerprint density at radius 3 is 2.56 bits per heavy atom. The fourth-order valence-electron chi connectivity index (χ4n) is 1.94. The van der Waals surface area contributed by atoms with E-state index in [1.165, 1.54) is 5.56 Å². The molecule has 0 aliphatic heterocycles. The number of aryl methyl sites for hydroxylation is 1. The number of hydrogen-bond acceptors (Lipinski definition) is 2. The molecule has 1 atom stereocenters. The molecule has 2 nitrogen and oxygen atoms in total. The summed E-state index contributed by atoms with van der Waals surface area (Å²) in [6.45, 7) is 4.21. The third-order valence-electron chi connectivity index (χ3n) is 3.02. The number of hydrogen-bond donors (Lipinski definition) is 1. The Morgan fingerprint density at radius 1 is 1.22 bits per heavy atom. The quantitative estimate of drug-likeness (QED) is 0.884. The van der Waals surface area contributed by atoms with E-state index >= 15 is 0 Å². The number of aromatic nitrogens is 1. The van der Waals surface area contributed by atoms with Gasteiger partial charge >= 0.3 is 0 Å². The van der Waals surface area contributed by atoms with E-state index in [9.17, 15) is 0 Å². The number of nitrogens with one attached hydrogen (secondary N) is 1. The summed E-state index contributed by atoms with van der Waals surface area (Å²) in [7, 11) is 0. The molecule has 0 aliphatic carbocycles. The molecule has 0 fully saturated rings. The van der Waals surface area contributed by atoms with Crippen LogP contribution in [-0.4, -0.2) is 4.98 Å². The Bertz CT molecular complexity index is 508. The zero-order valence-electron chi connectivity index (χ0n) is 10.7. The van der Waals surface area contributed by atoms with Crippen molar-refractivity contribution < 1.29 is 0 Å². The highest BCUT2D eigenvalue weighted by Gasteiger charge is 2.10. The van der Waals surface area contributed by atoms with Crippen LogP contribution in [0.2, 0.25) is 0 Å². The fourth-order valence-corrected chi connectivity index (χ4v) is 2.21. The van der Waals surface area contributed by atoms with Crippen LogP contribution in [0.3, 0.4) is 0 Å². The molecule has 1 unspecified atom stereocenters. The zero-order valence-corrected chi connectivity index (χ0v) is 12.2. The van der Waals surface area contributed by atoms with Gasteiger partial charge in [-0.25, -0.2) is 0 Å². The molecule has 0 saturated carbocycles. The van der Waals surface area contributed by atoms with Crippen molar-refractivity contribution in [3.8, 4) is 0 Å². The largest absolute Gasteiger partial charge is 0.377 e. The monoisotopic (exact) mass is 304 g/mol. The summed E-state index contributed by atoms with van der Waals surface area (Å²) in [4.78, 5) is 4.30. The predicted molar refractivity (Wildman–Crippen MR) is 79.8 cm³/mol. The Hall–Kier alpha value is -1.35. The Morgan fingerprint density at radius 2 is 1.94 bits per heavy atom. The Kier molecular flexibility index (Phi) is 4.37. The van der Waals surface area contributed by atoms with Crippen molar-refractivity contribution in [2.75, 3.05) is 5.32 Å². The molecule has 0 spiro atoms. The molecule has 1 aromatic carbocycles. The van der Waals surface area contributed by atoms with Gasteiger partial charge in [0.25, 0.3) is 0 Å². The average molecular weight is 305 g/mol. The van der Waals surface area contributed by atoms with E-state index < -0.39 is 0 Å². The van der Waals surface area contributed by atoms with Gasteiger partial charge in [-0.2, -0.15) is 0 Å². The van der Waals surface area contributed by atoms with Crippen LogP contribution in [0.15, 0.2) is 47.1 Å². The van der Waals surface area contributed by atoms with Gasteiger partial charge in [-0.1, -0.05) is 35.0 Å². The number of rotatable bonds is 4. The highest BCUT2D eigenvalue weighted by molar-refractivity contribution is 9.10. The van der Waals surface area contributed by atoms with Crippen molar-refractivity contribution in [1.29, 1.82) is 0 Å².